The highest BCUT2D eigenvalue weighted by Gasteiger charge is 2.34. The molecule has 0 aromatic heterocycles. The summed E-state index contributed by atoms with van der Waals surface area (Å²) >= 11 is 0. The van der Waals surface area contributed by atoms with E-state index < -0.39 is 5.97 Å². The van der Waals surface area contributed by atoms with Crippen LogP contribution in [0.3, 0.4) is 0 Å². The van der Waals surface area contributed by atoms with Crippen LogP contribution in [0.15, 0.2) is 0 Å². The summed E-state index contributed by atoms with van der Waals surface area (Å²) in [5, 5.41) is 11.7. The molecular weight excluding hydrogens is 182 g/mol. The molecule has 2 saturated carbocycles. The summed E-state index contributed by atoms with van der Waals surface area (Å²) in [4.78, 5) is 22.0. The van der Waals surface area contributed by atoms with Gasteiger partial charge in [0.1, 0.15) is 0 Å². The van der Waals surface area contributed by atoms with Crippen molar-refractivity contribution in [2.45, 2.75) is 38.1 Å². The molecule has 14 heavy (non-hydrogen) atoms. The highest BCUT2D eigenvalue weighted by atomic mass is 16.4. The Morgan fingerprint density at radius 2 is 1.71 bits per heavy atom. The monoisotopic (exact) mass is 197 g/mol. The normalized spacial score (nSPS) is 31.4. The van der Waals surface area contributed by atoms with E-state index in [1.807, 2.05) is 0 Å². The highest BCUT2D eigenvalue weighted by molar-refractivity contribution is 5.81. The molecule has 2 aliphatic carbocycles. The molecule has 0 aromatic rings. The van der Waals surface area contributed by atoms with Crippen LogP contribution in [0.5, 0.6) is 0 Å². The second-order valence-electron chi connectivity index (χ2n) is 4.33. The van der Waals surface area contributed by atoms with Crippen LogP contribution >= 0.6 is 0 Å². The van der Waals surface area contributed by atoms with E-state index in [0.29, 0.717) is 12.8 Å². The van der Waals surface area contributed by atoms with Gasteiger partial charge in [0, 0.05) is 12.0 Å². The summed E-state index contributed by atoms with van der Waals surface area (Å²) in [6.07, 6.45) is 4.12. The van der Waals surface area contributed by atoms with E-state index >= 15 is 0 Å². The van der Waals surface area contributed by atoms with Crippen LogP contribution in [0.2, 0.25) is 0 Å². The molecule has 0 aromatic carbocycles. The van der Waals surface area contributed by atoms with E-state index in [1.165, 1.54) is 0 Å². The van der Waals surface area contributed by atoms with Crippen LogP contribution in [0.25, 0.3) is 0 Å². The van der Waals surface area contributed by atoms with Crippen molar-refractivity contribution in [1.82, 2.24) is 5.32 Å². The van der Waals surface area contributed by atoms with Gasteiger partial charge in [0.2, 0.25) is 5.91 Å². The Labute approximate surface area is 82.7 Å². The average Bonchev–Trinajstić information content (AvgIpc) is 2.87. The van der Waals surface area contributed by atoms with Crippen molar-refractivity contribution in [1.29, 1.82) is 0 Å². The number of aliphatic carboxylic acids is 1. The third-order valence-electron chi connectivity index (χ3n) is 3.08. The first-order valence-corrected chi connectivity index (χ1v) is 5.20. The number of carboxylic acid groups (broad SMARTS) is 1. The maximum Gasteiger partial charge on any atom is 0.306 e. The van der Waals surface area contributed by atoms with Gasteiger partial charge in [-0.25, -0.2) is 0 Å². The van der Waals surface area contributed by atoms with Crippen LogP contribution in [-0.4, -0.2) is 23.0 Å². The molecule has 0 spiro atoms. The fraction of sp³-hybridized carbons (Fsp3) is 0.800. The molecule has 0 bridgehead atoms. The SMILES string of the molecule is O=C(N[C@H]1CC[C@@H](C(=O)O)C1)C1CC1. The summed E-state index contributed by atoms with van der Waals surface area (Å²) in [6, 6.07) is 0.101. The zero-order valence-corrected chi connectivity index (χ0v) is 8.03. The van der Waals surface area contributed by atoms with Gasteiger partial charge >= 0.3 is 5.97 Å². The Kier molecular flexibility index (Phi) is 2.44. The van der Waals surface area contributed by atoms with Crippen LogP contribution in [0.1, 0.15) is 32.1 Å². The number of carbonyl (C=O) groups is 2. The third-order valence-corrected chi connectivity index (χ3v) is 3.08. The smallest absolute Gasteiger partial charge is 0.306 e. The standard InChI is InChI=1S/C10H15NO3/c12-9(6-1-2-6)11-8-4-3-7(5-8)10(13)14/h6-8H,1-5H2,(H,11,12)(H,13,14)/t7-,8+/m1/s1. The summed E-state index contributed by atoms with van der Waals surface area (Å²) < 4.78 is 0. The lowest BCUT2D eigenvalue weighted by Crippen LogP contribution is -2.34. The van der Waals surface area contributed by atoms with Crippen LogP contribution < -0.4 is 5.32 Å². The van der Waals surface area contributed by atoms with E-state index in [0.717, 1.165) is 19.3 Å². The minimum Gasteiger partial charge on any atom is -0.481 e. The van der Waals surface area contributed by atoms with Crippen LogP contribution in [-0.2, 0) is 9.59 Å². The Morgan fingerprint density at radius 3 is 2.21 bits per heavy atom. The van der Waals surface area contributed by atoms with E-state index in [9.17, 15) is 9.59 Å². The summed E-state index contributed by atoms with van der Waals surface area (Å²) in [5.74, 6) is -0.632. The van der Waals surface area contributed by atoms with Gasteiger partial charge in [0.05, 0.1) is 5.92 Å². The molecule has 1 amide bonds. The van der Waals surface area contributed by atoms with Crippen molar-refractivity contribution < 1.29 is 14.7 Å². The Bertz CT molecular complexity index is 260. The number of nitrogens with one attached hydrogen (secondary N) is 1. The summed E-state index contributed by atoms with van der Waals surface area (Å²) in [6.45, 7) is 0. The molecule has 2 aliphatic rings. The molecule has 0 unspecified atom stereocenters. The molecule has 0 saturated heterocycles. The quantitative estimate of drug-likeness (QED) is 0.702. The van der Waals surface area contributed by atoms with E-state index in [1.54, 1.807) is 0 Å². The van der Waals surface area contributed by atoms with Crippen molar-refractivity contribution in [3.63, 3.8) is 0 Å². The molecule has 2 N–H and O–H groups in total. The Balaban J connectivity index is 1.77. The Morgan fingerprint density at radius 1 is 1.07 bits per heavy atom. The number of rotatable bonds is 3. The van der Waals surface area contributed by atoms with Gasteiger partial charge < -0.3 is 10.4 Å². The number of carbonyl (C=O) groups excluding carboxylic acids is 1. The zero-order chi connectivity index (χ0) is 10.1. The molecule has 0 radical (unpaired) electrons. The minimum atomic E-state index is -0.729. The summed E-state index contributed by atoms with van der Waals surface area (Å²) in [5.41, 5.74) is 0. The fourth-order valence-electron chi connectivity index (χ4n) is 2.00. The zero-order valence-electron chi connectivity index (χ0n) is 8.03. The molecule has 4 heteroatoms. The number of hydrogen-bond donors (Lipinski definition) is 2. The average molecular weight is 197 g/mol. The van der Waals surface area contributed by atoms with Gasteiger partial charge in [-0.05, 0) is 32.1 Å². The molecule has 0 heterocycles. The largest absolute Gasteiger partial charge is 0.481 e. The lowest BCUT2D eigenvalue weighted by atomic mass is 10.1. The van der Waals surface area contributed by atoms with Gasteiger partial charge in [-0.15, -0.1) is 0 Å². The lowest BCUT2D eigenvalue weighted by Gasteiger charge is -2.11. The Hall–Kier alpha value is -1.06. The van der Waals surface area contributed by atoms with Gasteiger partial charge in [-0.3, -0.25) is 9.59 Å². The van der Waals surface area contributed by atoms with E-state index in [2.05, 4.69) is 5.32 Å². The van der Waals surface area contributed by atoms with Gasteiger partial charge in [-0.1, -0.05) is 0 Å². The van der Waals surface area contributed by atoms with Crippen molar-refractivity contribution in [3.8, 4) is 0 Å². The third kappa shape index (κ3) is 2.05. The molecule has 78 valence electrons. The first kappa shape index (κ1) is 9.49. The van der Waals surface area contributed by atoms with Crippen LogP contribution in [0, 0.1) is 11.8 Å². The highest BCUT2D eigenvalue weighted by Crippen LogP contribution is 2.31. The number of carboxylic acids is 1. The predicted molar refractivity (Wildman–Crippen MR) is 49.6 cm³/mol. The van der Waals surface area contributed by atoms with Crippen molar-refractivity contribution >= 4 is 11.9 Å². The maximum absolute atomic E-state index is 11.4. The molecular formula is C10H15NO3. The second-order valence-corrected chi connectivity index (χ2v) is 4.33. The molecule has 2 atom stereocenters. The summed E-state index contributed by atoms with van der Waals surface area (Å²) in [7, 11) is 0. The maximum atomic E-state index is 11.4. The molecule has 2 fully saturated rings. The number of hydrogen-bond acceptors (Lipinski definition) is 2. The molecule has 2 rings (SSSR count). The van der Waals surface area contributed by atoms with Crippen molar-refractivity contribution in [2.24, 2.45) is 11.8 Å². The topological polar surface area (TPSA) is 66.4 Å². The molecule has 0 aliphatic heterocycles. The first-order valence-electron chi connectivity index (χ1n) is 5.20. The van der Waals surface area contributed by atoms with E-state index in [-0.39, 0.29) is 23.8 Å². The first-order chi connectivity index (χ1) is 6.66. The van der Waals surface area contributed by atoms with Gasteiger partial charge in [0.25, 0.3) is 0 Å². The van der Waals surface area contributed by atoms with Crippen molar-refractivity contribution in [2.75, 3.05) is 0 Å². The number of amides is 1. The van der Waals surface area contributed by atoms with E-state index in [4.69, 9.17) is 5.11 Å². The van der Waals surface area contributed by atoms with Gasteiger partial charge in [0.15, 0.2) is 0 Å². The fourth-order valence-corrected chi connectivity index (χ4v) is 2.00. The second kappa shape index (κ2) is 3.59. The van der Waals surface area contributed by atoms with Gasteiger partial charge in [-0.2, -0.15) is 0 Å². The van der Waals surface area contributed by atoms with Crippen LogP contribution in [0.4, 0.5) is 0 Å². The van der Waals surface area contributed by atoms with Crippen molar-refractivity contribution in [3.05, 3.63) is 0 Å². The minimum absolute atomic E-state index is 0.101. The lowest BCUT2D eigenvalue weighted by molar-refractivity contribution is -0.141. The molecule has 4 nitrogen and oxygen atoms in total. The predicted octanol–water partition coefficient (Wildman–Crippen LogP) is 0.766.